The van der Waals surface area contributed by atoms with Crippen LogP contribution in [-0.2, 0) is 0 Å². The molecule has 7 nitrogen and oxygen atoms in total. The summed E-state index contributed by atoms with van der Waals surface area (Å²) in [4.78, 5) is 14.4. The van der Waals surface area contributed by atoms with Crippen LogP contribution in [-0.4, -0.2) is 40.8 Å². The minimum absolute atomic E-state index is 0.155. The third-order valence-electron chi connectivity index (χ3n) is 4.32. The number of urea groups is 1. The number of H-pyrrole nitrogens is 1. The zero-order chi connectivity index (χ0) is 17.6. The molecule has 0 radical (unpaired) electrons. The molecule has 0 aliphatic carbocycles. The smallest absolute Gasteiger partial charge is 0.321 e. The summed E-state index contributed by atoms with van der Waals surface area (Å²) >= 11 is 0. The fourth-order valence-corrected chi connectivity index (χ4v) is 3.09. The van der Waals surface area contributed by atoms with Crippen molar-refractivity contribution in [2.45, 2.75) is 25.7 Å². The molecule has 1 aliphatic heterocycles. The molecule has 25 heavy (non-hydrogen) atoms. The molecule has 1 aromatic heterocycles. The van der Waals surface area contributed by atoms with Crippen molar-refractivity contribution in [3.63, 3.8) is 0 Å². The van der Waals surface area contributed by atoms with E-state index in [4.69, 9.17) is 4.74 Å². The third-order valence-corrected chi connectivity index (χ3v) is 4.32. The number of piperidine rings is 1. The molecule has 1 atom stereocenters. The lowest BCUT2D eigenvalue weighted by Gasteiger charge is -2.32. The maximum atomic E-state index is 12.6. The summed E-state index contributed by atoms with van der Waals surface area (Å²) in [6, 6.07) is 9.00. The minimum Gasteiger partial charge on any atom is -0.492 e. The third kappa shape index (κ3) is 3.91. The number of hydrogen-bond acceptors (Lipinski definition) is 4. The number of rotatable bonds is 4. The molecule has 0 spiro atoms. The first kappa shape index (κ1) is 16.8. The number of aromatic amines is 1. The Morgan fingerprint density at radius 3 is 3.12 bits per heavy atom. The molecule has 0 unspecified atom stereocenters. The molecule has 0 saturated carbocycles. The quantitative estimate of drug-likeness (QED) is 0.895. The predicted molar refractivity (Wildman–Crippen MR) is 93.5 cm³/mol. The molecule has 1 fully saturated rings. The number of ether oxygens (including phenoxy) is 1. The van der Waals surface area contributed by atoms with Gasteiger partial charge in [0.15, 0.2) is 0 Å². The predicted octanol–water partition coefficient (Wildman–Crippen LogP) is 3.09. The average molecular weight is 339 g/mol. The molecular formula is C18H21N5O2. The van der Waals surface area contributed by atoms with Gasteiger partial charge in [0, 0.05) is 36.6 Å². The Hall–Kier alpha value is -3.01. The first-order chi connectivity index (χ1) is 12.2. The van der Waals surface area contributed by atoms with Crippen LogP contribution < -0.4 is 10.1 Å². The van der Waals surface area contributed by atoms with Gasteiger partial charge in [0.05, 0.1) is 12.2 Å². The van der Waals surface area contributed by atoms with E-state index in [1.165, 1.54) is 0 Å². The highest BCUT2D eigenvalue weighted by Crippen LogP contribution is 2.26. The van der Waals surface area contributed by atoms with E-state index in [2.05, 4.69) is 21.6 Å². The molecule has 2 heterocycles. The van der Waals surface area contributed by atoms with Gasteiger partial charge in [0.25, 0.3) is 0 Å². The molecule has 1 aliphatic rings. The van der Waals surface area contributed by atoms with Crippen LogP contribution in [0.2, 0.25) is 0 Å². The van der Waals surface area contributed by atoms with Crippen LogP contribution in [0.25, 0.3) is 0 Å². The number of anilines is 1. The number of nitrogens with zero attached hydrogens (tertiary/aromatic N) is 3. The molecule has 2 N–H and O–H groups in total. The highest BCUT2D eigenvalue weighted by atomic mass is 16.5. The molecule has 1 saturated heterocycles. The first-order valence-electron chi connectivity index (χ1n) is 8.43. The summed E-state index contributed by atoms with van der Waals surface area (Å²) in [6.45, 7) is 3.72. The number of amides is 2. The maximum Gasteiger partial charge on any atom is 0.321 e. The molecule has 2 amide bonds. The summed E-state index contributed by atoms with van der Waals surface area (Å²) < 4.78 is 5.40. The van der Waals surface area contributed by atoms with Gasteiger partial charge in [-0.25, -0.2) is 4.79 Å². The second-order valence-corrected chi connectivity index (χ2v) is 5.98. The zero-order valence-electron chi connectivity index (χ0n) is 14.2. The molecular weight excluding hydrogens is 318 g/mol. The normalized spacial score (nSPS) is 17.0. The Labute approximate surface area is 146 Å². The van der Waals surface area contributed by atoms with Crippen molar-refractivity contribution in [1.29, 1.82) is 5.26 Å². The topological polar surface area (TPSA) is 94.0 Å². The average Bonchev–Trinajstić information content (AvgIpc) is 3.18. The number of nitriles is 1. The van der Waals surface area contributed by atoms with Crippen LogP contribution in [0.1, 0.15) is 36.9 Å². The van der Waals surface area contributed by atoms with Crippen molar-refractivity contribution in [1.82, 2.24) is 15.1 Å². The highest BCUT2D eigenvalue weighted by Gasteiger charge is 2.25. The van der Waals surface area contributed by atoms with Crippen LogP contribution in [0.5, 0.6) is 5.75 Å². The van der Waals surface area contributed by atoms with Gasteiger partial charge in [-0.15, -0.1) is 0 Å². The van der Waals surface area contributed by atoms with E-state index in [1.54, 1.807) is 29.3 Å². The number of likely N-dealkylation sites (tertiary alicyclic amines) is 1. The van der Waals surface area contributed by atoms with Gasteiger partial charge < -0.3 is 15.0 Å². The summed E-state index contributed by atoms with van der Waals surface area (Å²) in [7, 11) is 0. The van der Waals surface area contributed by atoms with Gasteiger partial charge in [-0.1, -0.05) is 0 Å². The Bertz CT molecular complexity index is 766. The number of carbonyl (C=O) groups is 1. The number of hydrogen-bond donors (Lipinski definition) is 2. The molecule has 7 heteroatoms. The summed E-state index contributed by atoms with van der Waals surface area (Å²) in [5, 5.41) is 19.1. The number of carbonyl (C=O) groups excluding carboxylic acids is 1. The number of benzene rings is 1. The van der Waals surface area contributed by atoms with E-state index >= 15 is 0 Å². The van der Waals surface area contributed by atoms with E-state index in [1.807, 2.05) is 13.0 Å². The van der Waals surface area contributed by atoms with Gasteiger partial charge >= 0.3 is 6.03 Å². The first-order valence-corrected chi connectivity index (χ1v) is 8.43. The number of aromatic nitrogens is 2. The van der Waals surface area contributed by atoms with Crippen LogP contribution >= 0.6 is 0 Å². The fourth-order valence-electron chi connectivity index (χ4n) is 3.09. The second-order valence-electron chi connectivity index (χ2n) is 5.98. The van der Waals surface area contributed by atoms with Gasteiger partial charge in [-0.2, -0.15) is 10.4 Å². The molecule has 1 aromatic carbocycles. The second kappa shape index (κ2) is 7.71. The molecule has 2 aromatic rings. The Balaban J connectivity index is 1.66. The Morgan fingerprint density at radius 2 is 2.40 bits per heavy atom. The van der Waals surface area contributed by atoms with E-state index in [0.29, 0.717) is 30.2 Å². The SMILES string of the molecule is CCOc1ccc(NC(=O)N2CCC[C@@H](c3ccn[nH]3)C2)cc1C#N. The van der Waals surface area contributed by atoms with Crippen molar-refractivity contribution in [2.24, 2.45) is 0 Å². The van der Waals surface area contributed by atoms with Crippen LogP contribution in [0.4, 0.5) is 10.5 Å². The zero-order valence-corrected chi connectivity index (χ0v) is 14.2. The fraction of sp³-hybridized carbons (Fsp3) is 0.389. The van der Waals surface area contributed by atoms with Crippen LogP contribution in [0.3, 0.4) is 0 Å². The summed E-state index contributed by atoms with van der Waals surface area (Å²) in [5.41, 5.74) is 2.06. The van der Waals surface area contributed by atoms with E-state index in [0.717, 1.165) is 25.1 Å². The standard InChI is InChI=1S/C18H21N5O2/c1-2-25-17-6-5-15(10-14(17)11-19)21-18(24)23-9-3-4-13(12-23)16-7-8-20-22-16/h5-8,10,13H,2-4,9,12H2,1H3,(H,20,22)(H,21,24)/t13-/m1/s1. The van der Waals surface area contributed by atoms with Gasteiger partial charge in [-0.3, -0.25) is 5.10 Å². The van der Waals surface area contributed by atoms with E-state index < -0.39 is 0 Å². The van der Waals surface area contributed by atoms with Crippen LogP contribution in [0.15, 0.2) is 30.5 Å². The lowest BCUT2D eigenvalue weighted by atomic mass is 9.95. The minimum atomic E-state index is -0.155. The van der Waals surface area contributed by atoms with Gasteiger partial charge in [0.1, 0.15) is 11.8 Å². The Morgan fingerprint density at radius 1 is 1.52 bits per heavy atom. The number of nitrogens with one attached hydrogen (secondary N) is 2. The maximum absolute atomic E-state index is 12.6. The molecule has 3 rings (SSSR count). The lowest BCUT2D eigenvalue weighted by Crippen LogP contribution is -2.41. The van der Waals surface area contributed by atoms with Crippen molar-refractivity contribution in [3.05, 3.63) is 41.7 Å². The van der Waals surface area contributed by atoms with Crippen molar-refractivity contribution < 1.29 is 9.53 Å². The summed E-state index contributed by atoms with van der Waals surface area (Å²) in [6.07, 6.45) is 3.72. The largest absolute Gasteiger partial charge is 0.492 e. The van der Waals surface area contributed by atoms with Crippen molar-refractivity contribution >= 4 is 11.7 Å². The lowest BCUT2D eigenvalue weighted by molar-refractivity contribution is 0.192. The highest BCUT2D eigenvalue weighted by molar-refractivity contribution is 5.89. The van der Waals surface area contributed by atoms with Gasteiger partial charge in [0.2, 0.25) is 0 Å². The van der Waals surface area contributed by atoms with Crippen molar-refractivity contribution in [2.75, 3.05) is 25.0 Å². The van der Waals surface area contributed by atoms with E-state index in [-0.39, 0.29) is 11.9 Å². The van der Waals surface area contributed by atoms with Crippen LogP contribution in [0, 0.1) is 11.3 Å². The van der Waals surface area contributed by atoms with E-state index in [9.17, 15) is 10.1 Å². The van der Waals surface area contributed by atoms with Crippen molar-refractivity contribution in [3.8, 4) is 11.8 Å². The Kier molecular flexibility index (Phi) is 5.19. The summed E-state index contributed by atoms with van der Waals surface area (Å²) in [5.74, 6) is 0.803. The molecule has 130 valence electrons. The monoisotopic (exact) mass is 339 g/mol. The molecule has 0 bridgehead atoms. The van der Waals surface area contributed by atoms with Gasteiger partial charge in [-0.05, 0) is 44.0 Å².